The Balaban J connectivity index is 1.29. The van der Waals surface area contributed by atoms with Crippen LogP contribution in [-0.2, 0) is 35.2 Å². The molecule has 3 aromatic heterocycles. The van der Waals surface area contributed by atoms with Gasteiger partial charge in [-0.05, 0) is 18.4 Å². The third-order valence-corrected chi connectivity index (χ3v) is 6.53. The second-order valence-corrected chi connectivity index (χ2v) is 9.11. The van der Waals surface area contributed by atoms with Gasteiger partial charge in [-0.3, -0.25) is 4.79 Å². The average molecular weight is 549 g/mol. The number of hydrogen-bond acceptors (Lipinski definition) is 10. The normalized spacial score (nSPS) is 16.9. The Morgan fingerprint density at radius 3 is 2.77 bits per heavy atom. The molecule has 5 heterocycles. The van der Waals surface area contributed by atoms with Crippen LogP contribution in [0.15, 0.2) is 24.4 Å². The summed E-state index contributed by atoms with van der Waals surface area (Å²) < 4.78 is 51.0. The van der Waals surface area contributed by atoms with Crippen LogP contribution in [0.2, 0.25) is 0 Å². The molecule has 5 rings (SSSR count). The van der Waals surface area contributed by atoms with Crippen molar-refractivity contribution in [2.75, 3.05) is 49.0 Å². The van der Waals surface area contributed by atoms with Crippen LogP contribution < -0.4 is 19.9 Å². The minimum Gasteiger partial charge on any atom is -0.421 e. The first kappa shape index (κ1) is 26.6. The molecule has 39 heavy (non-hydrogen) atoms. The standard InChI is InChI=1S/C24H27F3N8O4/c1-33-16(13-36)22(37)34-7-3-4-15-20(34)21(33)31-23(30-15)29-12-14-5-6-18(28-11-14)39-19-10-17(24(25,26)27)32-35(19)8-9-38-2/h5-6,10-11,16,36H,3-4,7-9,12-13H2,1-2H3,(H,29,30,31)/t16-/m0/s1. The second-order valence-electron chi connectivity index (χ2n) is 9.11. The van der Waals surface area contributed by atoms with Crippen LogP contribution in [0.1, 0.15) is 23.4 Å². The molecule has 0 bridgehead atoms. The lowest BCUT2D eigenvalue weighted by Crippen LogP contribution is -2.55. The Labute approximate surface area is 221 Å². The number of carbonyl (C=O) groups is 1. The number of aliphatic hydroxyl groups is 1. The van der Waals surface area contributed by atoms with E-state index in [2.05, 4.69) is 25.4 Å². The SMILES string of the molecule is COCCn1nc(C(F)(F)F)cc1Oc1ccc(CNc2nc3c4c(n2)N(C)[C@@H](CO)C(=O)N4CCC3)cn1. The summed E-state index contributed by atoms with van der Waals surface area (Å²) >= 11 is 0. The Hall–Kier alpha value is -3.98. The number of nitrogens with one attached hydrogen (secondary N) is 1. The molecular weight excluding hydrogens is 521 g/mol. The van der Waals surface area contributed by atoms with E-state index < -0.39 is 17.9 Å². The van der Waals surface area contributed by atoms with E-state index in [-0.39, 0.29) is 37.4 Å². The molecule has 2 aliphatic rings. The highest BCUT2D eigenvalue weighted by molar-refractivity contribution is 6.05. The Morgan fingerprint density at radius 1 is 1.26 bits per heavy atom. The zero-order valence-corrected chi connectivity index (χ0v) is 21.3. The number of ether oxygens (including phenoxy) is 2. The van der Waals surface area contributed by atoms with Gasteiger partial charge in [-0.2, -0.15) is 23.3 Å². The highest BCUT2D eigenvalue weighted by Gasteiger charge is 2.40. The molecule has 3 aromatic rings. The van der Waals surface area contributed by atoms with Crippen LogP contribution in [0.4, 0.5) is 30.6 Å². The van der Waals surface area contributed by atoms with Gasteiger partial charge in [-0.1, -0.05) is 6.07 Å². The van der Waals surface area contributed by atoms with E-state index in [1.54, 1.807) is 29.0 Å². The summed E-state index contributed by atoms with van der Waals surface area (Å²) in [6.45, 7) is 0.783. The predicted octanol–water partition coefficient (Wildman–Crippen LogP) is 2.23. The molecule has 0 unspecified atom stereocenters. The third-order valence-electron chi connectivity index (χ3n) is 6.53. The number of pyridine rings is 1. The van der Waals surface area contributed by atoms with Crippen LogP contribution >= 0.6 is 0 Å². The predicted molar refractivity (Wildman–Crippen MR) is 133 cm³/mol. The number of halogens is 3. The van der Waals surface area contributed by atoms with Gasteiger partial charge in [0.15, 0.2) is 11.5 Å². The molecule has 0 fully saturated rings. The number of aliphatic hydroxyl groups excluding tert-OH is 1. The largest absolute Gasteiger partial charge is 0.435 e. The quantitative estimate of drug-likeness (QED) is 0.411. The molecule has 15 heteroatoms. The van der Waals surface area contributed by atoms with Crippen LogP contribution in [0.3, 0.4) is 0 Å². The number of rotatable bonds is 9. The van der Waals surface area contributed by atoms with E-state index in [0.29, 0.717) is 37.0 Å². The number of hydrogen-bond donors (Lipinski definition) is 2. The number of aryl methyl sites for hydroxylation is 1. The molecule has 1 amide bonds. The fraction of sp³-hybridized carbons (Fsp3) is 0.458. The lowest BCUT2D eigenvalue weighted by Gasteiger charge is -2.42. The molecule has 0 saturated heterocycles. The summed E-state index contributed by atoms with van der Waals surface area (Å²) in [5, 5.41) is 16.5. The lowest BCUT2D eigenvalue weighted by molar-refractivity contribution is -0.141. The van der Waals surface area contributed by atoms with Crippen LogP contribution in [-0.4, -0.2) is 75.7 Å². The average Bonchev–Trinajstić information content (AvgIpc) is 3.33. The Kier molecular flexibility index (Phi) is 7.27. The fourth-order valence-electron chi connectivity index (χ4n) is 4.52. The van der Waals surface area contributed by atoms with E-state index in [1.165, 1.54) is 13.3 Å². The Bertz CT molecular complexity index is 1350. The van der Waals surface area contributed by atoms with Gasteiger partial charge in [-0.25, -0.2) is 14.6 Å². The minimum absolute atomic E-state index is 0.0762. The number of carbonyl (C=O) groups excluding carboxylic acids is 1. The summed E-state index contributed by atoms with van der Waals surface area (Å²) in [6, 6.07) is 3.37. The summed E-state index contributed by atoms with van der Waals surface area (Å²) in [4.78, 5) is 29.5. The van der Waals surface area contributed by atoms with E-state index in [9.17, 15) is 23.1 Å². The van der Waals surface area contributed by atoms with Crippen molar-refractivity contribution < 1.29 is 32.5 Å². The summed E-state index contributed by atoms with van der Waals surface area (Å²) in [7, 11) is 3.16. The van der Waals surface area contributed by atoms with Gasteiger partial charge in [0.05, 0.1) is 25.5 Å². The van der Waals surface area contributed by atoms with Crippen molar-refractivity contribution in [3.05, 3.63) is 41.3 Å². The molecule has 0 spiro atoms. The van der Waals surface area contributed by atoms with Crippen molar-refractivity contribution in [3.63, 3.8) is 0 Å². The van der Waals surface area contributed by atoms with Gasteiger partial charge < -0.3 is 29.7 Å². The number of aromatic nitrogens is 5. The topological polar surface area (TPSA) is 131 Å². The number of methoxy groups -OCH3 is 1. The van der Waals surface area contributed by atoms with Crippen LogP contribution in [0.5, 0.6) is 11.8 Å². The number of alkyl halides is 3. The molecular formula is C24H27F3N8O4. The van der Waals surface area contributed by atoms with Gasteiger partial charge in [0, 0.05) is 45.6 Å². The van der Waals surface area contributed by atoms with Crippen molar-refractivity contribution >= 4 is 23.4 Å². The van der Waals surface area contributed by atoms with Crippen molar-refractivity contribution in [2.24, 2.45) is 0 Å². The molecule has 2 aliphatic heterocycles. The van der Waals surface area contributed by atoms with Gasteiger partial charge >= 0.3 is 6.18 Å². The summed E-state index contributed by atoms with van der Waals surface area (Å²) in [5.74, 6) is 0.771. The fourth-order valence-corrected chi connectivity index (χ4v) is 4.52. The molecule has 0 aliphatic carbocycles. The number of nitrogens with zero attached hydrogens (tertiary/aromatic N) is 7. The first-order valence-corrected chi connectivity index (χ1v) is 12.3. The zero-order valence-electron chi connectivity index (χ0n) is 21.3. The summed E-state index contributed by atoms with van der Waals surface area (Å²) in [5.41, 5.74) is 1.13. The number of amides is 1. The second kappa shape index (κ2) is 10.6. The van der Waals surface area contributed by atoms with Crippen LogP contribution in [0.25, 0.3) is 0 Å². The van der Waals surface area contributed by atoms with Crippen molar-refractivity contribution in [1.82, 2.24) is 24.7 Å². The summed E-state index contributed by atoms with van der Waals surface area (Å²) in [6.07, 6.45) is -1.62. The highest BCUT2D eigenvalue weighted by atomic mass is 19.4. The van der Waals surface area contributed by atoms with Crippen LogP contribution in [0, 0.1) is 0 Å². The molecule has 0 radical (unpaired) electrons. The lowest BCUT2D eigenvalue weighted by atomic mass is 10.0. The Morgan fingerprint density at radius 2 is 2.08 bits per heavy atom. The van der Waals surface area contributed by atoms with E-state index in [4.69, 9.17) is 9.47 Å². The van der Waals surface area contributed by atoms with Gasteiger partial charge in [0.25, 0.3) is 5.91 Å². The maximum absolute atomic E-state index is 13.1. The van der Waals surface area contributed by atoms with Crippen molar-refractivity contribution in [1.29, 1.82) is 0 Å². The smallest absolute Gasteiger partial charge is 0.421 e. The molecule has 0 aromatic carbocycles. The first-order valence-electron chi connectivity index (χ1n) is 12.3. The zero-order chi connectivity index (χ0) is 27.7. The van der Waals surface area contributed by atoms with Crippen molar-refractivity contribution in [2.45, 2.75) is 38.1 Å². The number of likely N-dealkylation sites (N-methyl/N-ethyl adjacent to an activating group) is 1. The third kappa shape index (κ3) is 5.31. The van der Waals surface area contributed by atoms with Gasteiger partial charge in [-0.15, -0.1) is 0 Å². The van der Waals surface area contributed by atoms with Crippen molar-refractivity contribution in [3.8, 4) is 11.8 Å². The van der Waals surface area contributed by atoms with Gasteiger partial charge in [0.1, 0.15) is 11.7 Å². The first-order chi connectivity index (χ1) is 18.7. The van der Waals surface area contributed by atoms with E-state index in [1.807, 2.05) is 0 Å². The molecule has 2 N–H and O–H groups in total. The maximum atomic E-state index is 13.1. The number of anilines is 3. The molecule has 208 valence electrons. The molecule has 12 nitrogen and oxygen atoms in total. The van der Waals surface area contributed by atoms with Gasteiger partial charge in [0.2, 0.25) is 17.7 Å². The maximum Gasteiger partial charge on any atom is 0.435 e. The molecule has 0 saturated carbocycles. The monoisotopic (exact) mass is 548 g/mol. The highest BCUT2D eigenvalue weighted by Crippen LogP contribution is 2.39. The minimum atomic E-state index is -4.61. The van der Waals surface area contributed by atoms with E-state index in [0.717, 1.165) is 28.4 Å². The van der Waals surface area contributed by atoms with E-state index >= 15 is 0 Å². The molecule has 1 atom stereocenters.